The van der Waals surface area contributed by atoms with Crippen molar-refractivity contribution in [3.63, 3.8) is 0 Å². The van der Waals surface area contributed by atoms with Crippen LogP contribution < -0.4 is 16.1 Å². The molecule has 2 N–H and O–H groups in total. The molecule has 2 aromatic heterocycles. The molecule has 1 saturated heterocycles. The number of amides is 1. The number of aromatic nitrogens is 3. The number of carbonyl (C=O) groups is 1. The van der Waals surface area contributed by atoms with Gasteiger partial charge in [-0.3, -0.25) is 14.5 Å². The molecule has 0 spiro atoms. The highest BCUT2D eigenvalue weighted by Gasteiger charge is 2.41. The first kappa shape index (κ1) is 24.3. The largest absolute Gasteiger partial charge is 0.352 e. The molecule has 2 saturated carbocycles. The molecule has 37 heavy (non-hydrogen) atoms. The molecule has 9 heteroatoms. The van der Waals surface area contributed by atoms with E-state index in [0.717, 1.165) is 50.6 Å². The van der Waals surface area contributed by atoms with E-state index in [1.165, 1.54) is 19.3 Å². The number of hydrogen-bond donors (Lipinski definition) is 2. The second-order valence-corrected chi connectivity index (χ2v) is 11.1. The monoisotopic (exact) mass is 503 g/mol. The van der Waals surface area contributed by atoms with Gasteiger partial charge >= 0.3 is 0 Å². The van der Waals surface area contributed by atoms with Crippen molar-refractivity contribution < 1.29 is 4.79 Å². The Morgan fingerprint density at radius 3 is 2.68 bits per heavy atom. The molecule has 9 nitrogen and oxygen atoms in total. The van der Waals surface area contributed by atoms with Crippen molar-refractivity contribution in [1.82, 2.24) is 29.7 Å². The predicted octanol–water partition coefficient (Wildman–Crippen LogP) is 2.77. The van der Waals surface area contributed by atoms with E-state index in [1.807, 2.05) is 6.92 Å². The topological polar surface area (TPSA) is 95.4 Å². The molecule has 4 atom stereocenters. The first-order chi connectivity index (χ1) is 18.0. The van der Waals surface area contributed by atoms with Gasteiger partial charge in [-0.25, -0.2) is 4.98 Å². The Hall–Kier alpha value is -3.04. The van der Waals surface area contributed by atoms with Crippen LogP contribution in [-0.4, -0.2) is 76.1 Å². The van der Waals surface area contributed by atoms with Gasteiger partial charge in [-0.2, -0.15) is 4.98 Å². The van der Waals surface area contributed by atoms with E-state index >= 15 is 0 Å². The van der Waals surface area contributed by atoms with Crippen molar-refractivity contribution >= 4 is 22.9 Å². The third-order valence-electron chi connectivity index (χ3n) is 8.75. The molecule has 0 aromatic carbocycles. The first-order valence-corrected chi connectivity index (χ1v) is 13.8. The minimum Gasteiger partial charge on any atom is -0.352 e. The van der Waals surface area contributed by atoms with Crippen molar-refractivity contribution in [3.8, 4) is 0 Å². The first-order valence-electron chi connectivity index (χ1n) is 13.8. The van der Waals surface area contributed by atoms with Crippen LogP contribution in [0.2, 0.25) is 0 Å². The lowest BCUT2D eigenvalue weighted by Crippen LogP contribution is -2.48. The van der Waals surface area contributed by atoms with Gasteiger partial charge in [-0.05, 0) is 57.6 Å². The quantitative estimate of drug-likeness (QED) is 0.626. The van der Waals surface area contributed by atoms with Crippen molar-refractivity contribution in [2.45, 2.75) is 51.1 Å². The van der Waals surface area contributed by atoms with Crippen molar-refractivity contribution in [1.29, 1.82) is 0 Å². The zero-order valence-corrected chi connectivity index (χ0v) is 21.8. The zero-order valence-electron chi connectivity index (χ0n) is 21.8. The molecule has 1 aliphatic heterocycles. The molecule has 0 radical (unpaired) electrons. The average molecular weight is 504 g/mol. The van der Waals surface area contributed by atoms with Gasteiger partial charge in [0.1, 0.15) is 11.2 Å². The van der Waals surface area contributed by atoms with Crippen LogP contribution in [0.4, 0.5) is 5.95 Å². The Morgan fingerprint density at radius 1 is 1.16 bits per heavy atom. The van der Waals surface area contributed by atoms with E-state index in [0.29, 0.717) is 35.5 Å². The van der Waals surface area contributed by atoms with E-state index in [1.54, 1.807) is 12.4 Å². The highest BCUT2D eigenvalue weighted by atomic mass is 16.2. The highest BCUT2D eigenvalue weighted by molar-refractivity contribution is 5.96. The second kappa shape index (κ2) is 10.0. The molecule has 2 bridgehead atoms. The molecule has 6 rings (SSSR count). The summed E-state index contributed by atoms with van der Waals surface area (Å²) in [6.45, 7) is 6.73. The summed E-state index contributed by atoms with van der Waals surface area (Å²) in [6, 6.07) is 0.684. The average Bonchev–Trinajstić information content (AvgIpc) is 3.54. The third kappa shape index (κ3) is 4.70. The van der Waals surface area contributed by atoms with Crippen LogP contribution in [0.25, 0.3) is 11.0 Å². The number of carbonyl (C=O) groups excluding carboxylic acids is 1. The van der Waals surface area contributed by atoms with Crippen LogP contribution in [0.3, 0.4) is 0 Å². The lowest BCUT2D eigenvalue weighted by atomic mass is 9.94. The van der Waals surface area contributed by atoms with Gasteiger partial charge in [0.05, 0.1) is 5.39 Å². The summed E-state index contributed by atoms with van der Waals surface area (Å²) in [5.74, 6) is 1.44. The normalized spacial score (nSPS) is 28.0. The Balaban J connectivity index is 1.28. The smallest absolute Gasteiger partial charge is 0.256 e. The van der Waals surface area contributed by atoms with Crippen LogP contribution in [0.5, 0.6) is 0 Å². The Morgan fingerprint density at radius 2 is 2.00 bits per heavy atom. The number of piperazine rings is 1. The number of rotatable bonds is 6. The molecule has 4 aliphatic rings. The molecule has 196 valence electrons. The lowest BCUT2D eigenvalue weighted by molar-refractivity contribution is 0.0954. The summed E-state index contributed by atoms with van der Waals surface area (Å²) in [5.41, 5.74) is 1.45. The van der Waals surface area contributed by atoms with Gasteiger partial charge in [0.2, 0.25) is 11.4 Å². The minimum absolute atomic E-state index is 0.175. The summed E-state index contributed by atoms with van der Waals surface area (Å²) in [5, 5.41) is 6.55. The Bertz CT molecular complexity index is 1310. The van der Waals surface area contributed by atoms with E-state index in [9.17, 15) is 9.59 Å². The second-order valence-electron chi connectivity index (χ2n) is 11.1. The molecular weight excluding hydrogens is 466 g/mol. The number of fused-ring (bicyclic) bond motifs is 3. The minimum atomic E-state index is -0.332. The number of anilines is 1. The number of pyridine rings is 1. The highest BCUT2D eigenvalue weighted by Crippen LogP contribution is 2.51. The number of hydrogen-bond acceptors (Lipinski definition) is 7. The van der Waals surface area contributed by atoms with E-state index in [2.05, 4.69) is 55.3 Å². The lowest BCUT2D eigenvalue weighted by Gasteiger charge is -2.37. The molecule has 3 aliphatic carbocycles. The maximum absolute atomic E-state index is 13.3. The van der Waals surface area contributed by atoms with Crippen LogP contribution in [0.1, 0.15) is 55.4 Å². The third-order valence-corrected chi connectivity index (χ3v) is 8.75. The van der Waals surface area contributed by atoms with Crippen LogP contribution >= 0.6 is 0 Å². The number of allylic oxidation sites excluding steroid dienone is 1. The Kier molecular flexibility index (Phi) is 6.58. The number of nitrogens with one attached hydrogen (secondary N) is 2. The van der Waals surface area contributed by atoms with Crippen LogP contribution in [0, 0.1) is 11.8 Å². The van der Waals surface area contributed by atoms with Crippen molar-refractivity contribution in [2.75, 3.05) is 45.1 Å². The molecule has 4 unspecified atom stereocenters. The fourth-order valence-corrected chi connectivity index (χ4v) is 6.67. The predicted molar refractivity (Wildman–Crippen MR) is 145 cm³/mol. The number of nitrogens with zero attached hydrogens (tertiary/aromatic N) is 5. The standard InChI is InChI=1S/C28H37N7O2/c1-3-29-27(37)23-17-35(24-15-18-4-5-19(24)14-18)26-22(25(23)36)16-30-28(32-26)31-20-6-8-21(9-7-20)34-12-10-33(2)11-13-34/h6-8,16-19,21,24H,3-5,9-15H2,1-2H3,(H,29,37)(H,30,31,32). The van der Waals surface area contributed by atoms with Gasteiger partial charge in [0.15, 0.2) is 0 Å². The fourth-order valence-electron chi connectivity index (χ4n) is 6.67. The molecule has 2 aromatic rings. The van der Waals surface area contributed by atoms with Gasteiger partial charge in [-0.1, -0.05) is 18.6 Å². The molecule has 1 amide bonds. The maximum atomic E-state index is 13.3. The summed E-state index contributed by atoms with van der Waals surface area (Å²) < 4.78 is 2.10. The van der Waals surface area contributed by atoms with Crippen molar-refractivity contribution in [2.24, 2.45) is 11.8 Å². The fraction of sp³-hybridized carbons (Fsp3) is 0.571. The zero-order chi connectivity index (χ0) is 25.5. The van der Waals surface area contributed by atoms with E-state index in [-0.39, 0.29) is 22.9 Å². The summed E-state index contributed by atoms with van der Waals surface area (Å²) in [4.78, 5) is 40.2. The molecular formula is C28H37N7O2. The maximum Gasteiger partial charge on any atom is 0.256 e. The van der Waals surface area contributed by atoms with E-state index in [4.69, 9.17) is 4.98 Å². The molecule has 3 heterocycles. The van der Waals surface area contributed by atoms with Crippen LogP contribution in [-0.2, 0) is 0 Å². The van der Waals surface area contributed by atoms with Crippen LogP contribution in [0.15, 0.2) is 41.1 Å². The number of likely N-dealkylation sites (N-methyl/N-ethyl adjacent to an activating group) is 1. The summed E-state index contributed by atoms with van der Waals surface area (Å²) in [7, 11) is 2.18. The Labute approximate surface area is 217 Å². The van der Waals surface area contributed by atoms with Gasteiger partial charge in [0, 0.05) is 62.9 Å². The van der Waals surface area contributed by atoms with Gasteiger partial charge < -0.3 is 20.1 Å². The van der Waals surface area contributed by atoms with E-state index < -0.39 is 0 Å². The SMILES string of the molecule is CCNC(=O)c1cn(C2CC3CCC2C3)c2nc(NC3=CCC(N4CCN(C)CC4)C=C3)ncc2c1=O. The van der Waals surface area contributed by atoms with Gasteiger partial charge in [-0.15, -0.1) is 0 Å². The van der Waals surface area contributed by atoms with Gasteiger partial charge in [0.25, 0.3) is 5.91 Å². The summed E-state index contributed by atoms with van der Waals surface area (Å²) in [6.07, 6.45) is 15.6. The van der Waals surface area contributed by atoms with Crippen molar-refractivity contribution in [3.05, 3.63) is 52.1 Å². The summed E-state index contributed by atoms with van der Waals surface area (Å²) >= 11 is 0. The molecule has 3 fully saturated rings.